The molecule has 6 heteroatoms. The molecule has 0 saturated carbocycles. The van der Waals surface area contributed by atoms with Crippen molar-refractivity contribution < 1.29 is 4.79 Å². The molecule has 0 atom stereocenters. The van der Waals surface area contributed by atoms with Gasteiger partial charge in [-0.2, -0.15) is 0 Å². The van der Waals surface area contributed by atoms with Crippen LogP contribution in [-0.4, -0.2) is 20.6 Å². The van der Waals surface area contributed by atoms with Crippen LogP contribution >= 0.6 is 0 Å². The third-order valence-corrected chi connectivity index (χ3v) is 3.98. The van der Waals surface area contributed by atoms with E-state index in [0.717, 1.165) is 29.2 Å². The van der Waals surface area contributed by atoms with Crippen LogP contribution in [0.2, 0.25) is 0 Å². The first kappa shape index (κ1) is 17.7. The number of urea groups is 1. The van der Waals surface area contributed by atoms with E-state index in [4.69, 9.17) is 0 Å². The Bertz CT molecular complexity index is 857. The first-order valence-corrected chi connectivity index (χ1v) is 8.65. The number of anilines is 1. The second kappa shape index (κ2) is 8.29. The minimum absolute atomic E-state index is 0.239. The van der Waals surface area contributed by atoms with Crippen molar-refractivity contribution in [1.29, 1.82) is 0 Å². The van der Waals surface area contributed by atoms with E-state index in [-0.39, 0.29) is 6.03 Å². The van der Waals surface area contributed by atoms with E-state index < -0.39 is 0 Å². The minimum atomic E-state index is -0.239. The molecule has 26 heavy (non-hydrogen) atoms. The summed E-state index contributed by atoms with van der Waals surface area (Å²) in [4.78, 5) is 20.5. The number of nitrogens with one attached hydrogen (secondary N) is 2. The third-order valence-electron chi connectivity index (χ3n) is 3.98. The molecule has 2 heterocycles. The van der Waals surface area contributed by atoms with Crippen LogP contribution in [0.4, 0.5) is 10.5 Å². The van der Waals surface area contributed by atoms with Gasteiger partial charge < -0.3 is 15.2 Å². The Morgan fingerprint density at radius 3 is 2.77 bits per heavy atom. The lowest BCUT2D eigenvalue weighted by Gasteiger charge is -2.12. The number of nitrogens with zero attached hydrogens (tertiary/aromatic N) is 3. The van der Waals surface area contributed by atoms with Crippen LogP contribution in [0.15, 0.2) is 61.2 Å². The Hall–Kier alpha value is -3.15. The van der Waals surface area contributed by atoms with E-state index in [1.165, 1.54) is 0 Å². The summed E-state index contributed by atoms with van der Waals surface area (Å²) in [7, 11) is 0. The number of carbonyl (C=O) groups excluding carboxylic acids is 1. The van der Waals surface area contributed by atoms with Crippen molar-refractivity contribution in [2.75, 3.05) is 5.32 Å². The molecule has 0 saturated heterocycles. The Morgan fingerprint density at radius 1 is 1.15 bits per heavy atom. The molecular weight excluding hydrogens is 326 g/mol. The molecule has 6 nitrogen and oxygen atoms in total. The number of carbonyl (C=O) groups is 1. The minimum Gasteiger partial charge on any atom is -0.334 e. The van der Waals surface area contributed by atoms with Gasteiger partial charge in [-0.25, -0.2) is 9.78 Å². The second-order valence-corrected chi connectivity index (χ2v) is 6.44. The van der Waals surface area contributed by atoms with Gasteiger partial charge in [0, 0.05) is 49.5 Å². The van der Waals surface area contributed by atoms with E-state index in [2.05, 4.69) is 39.0 Å². The quantitative estimate of drug-likeness (QED) is 0.711. The summed E-state index contributed by atoms with van der Waals surface area (Å²) < 4.78 is 2.13. The molecule has 1 aromatic carbocycles. The second-order valence-electron chi connectivity index (χ2n) is 6.44. The predicted octanol–water partition coefficient (Wildman–Crippen LogP) is 3.77. The lowest BCUT2D eigenvalue weighted by Crippen LogP contribution is -2.28. The molecule has 3 rings (SSSR count). The Balaban J connectivity index is 1.60. The van der Waals surface area contributed by atoms with Crippen molar-refractivity contribution in [3.63, 3.8) is 0 Å². The van der Waals surface area contributed by atoms with Crippen molar-refractivity contribution in [3.05, 3.63) is 78.1 Å². The molecule has 2 N–H and O–H groups in total. The monoisotopic (exact) mass is 349 g/mol. The van der Waals surface area contributed by atoms with Crippen molar-refractivity contribution in [2.45, 2.75) is 32.9 Å². The SMILES string of the molecule is CC(C)c1nccn1Cc1cccc(NC(=O)NCc2cccnc2)c1. The number of benzene rings is 1. The average Bonchev–Trinajstić information content (AvgIpc) is 3.09. The first-order valence-electron chi connectivity index (χ1n) is 8.65. The van der Waals surface area contributed by atoms with E-state index in [0.29, 0.717) is 12.5 Å². The van der Waals surface area contributed by atoms with E-state index in [9.17, 15) is 4.79 Å². The predicted molar refractivity (Wildman–Crippen MR) is 102 cm³/mol. The van der Waals surface area contributed by atoms with Gasteiger partial charge in [0.15, 0.2) is 0 Å². The maximum Gasteiger partial charge on any atom is 0.319 e. The number of pyridine rings is 1. The molecule has 134 valence electrons. The summed E-state index contributed by atoms with van der Waals surface area (Å²) in [6.45, 7) is 5.42. The summed E-state index contributed by atoms with van der Waals surface area (Å²) in [6.07, 6.45) is 7.25. The van der Waals surface area contributed by atoms with Crippen LogP contribution in [-0.2, 0) is 13.1 Å². The molecule has 0 spiro atoms. The zero-order chi connectivity index (χ0) is 18.4. The van der Waals surface area contributed by atoms with Crippen molar-refractivity contribution in [2.24, 2.45) is 0 Å². The molecule has 2 amide bonds. The third kappa shape index (κ3) is 4.69. The largest absolute Gasteiger partial charge is 0.334 e. The van der Waals surface area contributed by atoms with Gasteiger partial charge in [-0.05, 0) is 29.3 Å². The molecule has 0 bridgehead atoms. The highest BCUT2D eigenvalue weighted by molar-refractivity contribution is 5.89. The van der Waals surface area contributed by atoms with E-state index in [1.807, 2.05) is 48.8 Å². The molecule has 0 fully saturated rings. The van der Waals surface area contributed by atoms with Crippen molar-refractivity contribution in [1.82, 2.24) is 19.9 Å². The lowest BCUT2D eigenvalue weighted by atomic mass is 10.1. The number of amides is 2. The fraction of sp³-hybridized carbons (Fsp3) is 0.250. The number of hydrogen-bond acceptors (Lipinski definition) is 3. The number of hydrogen-bond donors (Lipinski definition) is 2. The van der Waals surface area contributed by atoms with Gasteiger partial charge in [0.25, 0.3) is 0 Å². The molecule has 0 unspecified atom stereocenters. The highest BCUT2D eigenvalue weighted by Crippen LogP contribution is 2.16. The molecule has 2 aromatic heterocycles. The highest BCUT2D eigenvalue weighted by Gasteiger charge is 2.08. The van der Waals surface area contributed by atoms with E-state index >= 15 is 0 Å². The van der Waals surface area contributed by atoms with Crippen LogP contribution in [0.5, 0.6) is 0 Å². The zero-order valence-corrected chi connectivity index (χ0v) is 15.0. The number of rotatable bonds is 6. The molecular formula is C20H23N5O. The fourth-order valence-electron chi connectivity index (χ4n) is 2.76. The highest BCUT2D eigenvalue weighted by atomic mass is 16.2. The lowest BCUT2D eigenvalue weighted by molar-refractivity contribution is 0.251. The van der Waals surface area contributed by atoms with Crippen molar-refractivity contribution in [3.8, 4) is 0 Å². The summed E-state index contributed by atoms with van der Waals surface area (Å²) in [6, 6.07) is 11.4. The van der Waals surface area contributed by atoms with Gasteiger partial charge in [0.2, 0.25) is 0 Å². The van der Waals surface area contributed by atoms with Crippen LogP contribution in [0.3, 0.4) is 0 Å². The number of imidazole rings is 1. The number of aromatic nitrogens is 3. The fourth-order valence-corrected chi connectivity index (χ4v) is 2.76. The Kier molecular flexibility index (Phi) is 5.63. The molecule has 0 aliphatic carbocycles. The maximum atomic E-state index is 12.1. The summed E-state index contributed by atoms with van der Waals surface area (Å²) >= 11 is 0. The molecule has 3 aromatic rings. The summed E-state index contributed by atoms with van der Waals surface area (Å²) in [5.74, 6) is 1.42. The van der Waals surface area contributed by atoms with Crippen LogP contribution in [0.25, 0.3) is 0 Å². The molecule has 0 radical (unpaired) electrons. The first-order chi connectivity index (χ1) is 12.6. The van der Waals surface area contributed by atoms with Gasteiger partial charge >= 0.3 is 6.03 Å². The molecule has 0 aliphatic heterocycles. The topological polar surface area (TPSA) is 71.8 Å². The standard InChI is InChI=1S/C20H23N5O/c1-15(2)19-22-9-10-25(19)14-16-5-3-7-18(11-16)24-20(26)23-13-17-6-4-8-21-12-17/h3-12,15H,13-14H2,1-2H3,(H2,23,24,26). The van der Waals surface area contributed by atoms with Crippen LogP contribution in [0.1, 0.15) is 36.7 Å². The van der Waals surface area contributed by atoms with Gasteiger partial charge in [0.05, 0.1) is 0 Å². The van der Waals surface area contributed by atoms with E-state index in [1.54, 1.807) is 12.4 Å². The van der Waals surface area contributed by atoms with Gasteiger partial charge in [-0.3, -0.25) is 4.98 Å². The zero-order valence-electron chi connectivity index (χ0n) is 15.0. The summed E-state index contributed by atoms with van der Waals surface area (Å²) in [5, 5.41) is 5.71. The van der Waals surface area contributed by atoms with Crippen LogP contribution < -0.4 is 10.6 Å². The molecule has 0 aliphatic rings. The van der Waals surface area contributed by atoms with Gasteiger partial charge in [0.1, 0.15) is 5.82 Å². The Morgan fingerprint density at radius 2 is 2.00 bits per heavy atom. The normalized spacial score (nSPS) is 10.7. The summed E-state index contributed by atoms with van der Waals surface area (Å²) in [5.41, 5.74) is 2.82. The average molecular weight is 349 g/mol. The Labute approximate surface area is 153 Å². The van der Waals surface area contributed by atoms with Gasteiger partial charge in [-0.15, -0.1) is 0 Å². The van der Waals surface area contributed by atoms with Crippen molar-refractivity contribution >= 4 is 11.7 Å². The maximum absolute atomic E-state index is 12.1. The van der Waals surface area contributed by atoms with Crippen LogP contribution in [0, 0.1) is 0 Å². The smallest absolute Gasteiger partial charge is 0.319 e. The van der Waals surface area contributed by atoms with Gasteiger partial charge in [-0.1, -0.05) is 32.0 Å².